The molecular weight excluding hydrogens is 132 g/mol. The van der Waals surface area contributed by atoms with Crippen LogP contribution in [0.3, 0.4) is 0 Å². The van der Waals surface area contributed by atoms with Crippen molar-refractivity contribution in [3.05, 3.63) is 12.3 Å². The van der Waals surface area contributed by atoms with E-state index in [1.54, 1.807) is 0 Å². The molecule has 0 heterocycles. The molecule has 0 rings (SSSR count). The first-order valence-electron chi connectivity index (χ1n) is 3.06. The molecule has 0 bridgehead atoms. The zero-order valence-corrected chi connectivity index (χ0v) is 6.46. The van der Waals surface area contributed by atoms with E-state index in [4.69, 9.17) is 4.74 Å². The fourth-order valence-electron chi connectivity index (χ4n) is 0.320. The van der Waals surface area contributed by atoms with Crippen LogP contribution in [0.2, 0.25) is 0 Å². The minimum Gasteiger partial charge on any atom is -0.498 e. The van der Waals surface area contributed by atoms with Crippen LogP contribution in [0.25, 0.3) is 0 Å². The highest BCUT2D eigenvalue weighted by molar-refractivity contribution is 5.81. The van der Waals surface area contributed by atoms with Crippen LogP contribution in [0.4, 0.5) is 0 Å². The molecule has 0 aromatic rings. The van der Waals surface area contributed by atoms with Crippen LogP contribution < -0.4 is 0 Å². The van der Waals surface area contributed by atoms with E-state index in [0.29, 0.717) is 0 Å². The number of hydrogen-bond acceptors (Lipinski definition) is 3. The van der Waals surface area contributed by atoms with Crippen molar-refractivity contribution in [2.45, 2.75) is 20.0 Å². The van der Waals surface area contributed by atoms with Gasteiger partial charge >= 0.3 is 5.97 Å². The molecule has 0 N–H and O–H groups in total. The van der Waals surface area contributed by atoms with Gasteiger partial charge in [-0.25, -0.2) is 4.79 Å². The quantitative estimate of drug-likeness (QED) is 0.338. The Balaban J connectivity index is 3.46. The van der Waals surface area contributed by atoms with Gasteiger partial charge in [0.25, 0.3) is 0 Å². The van der Waals surface area contributed by atoms with Gasteiger partial charge in [0.1, 0.15) is 0 Å². The Morgan fingerprint density at radius 2 is 2.10 bits per heavy atom. The minimum absolute atomic E-state index is 0.0981. The summed E-state index contributed by atoms with van der Waals surface area (Å²) in [5.41, 5.74) is 0. The van der Waals surface area contributed by atoms with E-state index in [1.165, 1.54) is 19.4 Å². The number of carbonyl (C=O) groups is 1. The molecule has 3 heteroatoms. The second kappa shape index (κ2) is 4.85. The first-order chi connectivity index (χ1) is 4.66. The SMILES string of the molecule is COC(=O)/C=C/OC(C)C. The molecule has 0 aliphatic carbocycles. The lowest BCUT2D eigenvalue weighted by Crippen LogP contribution is -1.98. The zero-order valence-electron chi connectivity index (χ0n) is 6.46. The normalized spacial score (nSPS) is 10.4. The van der Waals surface area contributed by atoms with Gasteiger partial charge in [-0.05, 0) is 13.8 Å². The Labute approximate surface area is 60.6 Å². The van der Waals surface area contributed by atoms with Gasteiger partial charge in [-0.2, -0.15) is 0 Å². The number of carbonyl (C=O) groups excluding carboxylic acids is 1. The molecule has 0 aromatic carbocycles. The lowest BCUT2D eigenvalue weighted by molar-refractivity contribution is -0.135. The first-order valence-corrected chi connectivity index (χ1v) is 3.06. The molecular formula is C7H12O3. The first kappa shape index (κ1) is 9.01. The molecule has 0 atom stereocenters. The Hall–Kier alpha value is -0.990. The molecule has 0 amide bonds. The summed E-state index contributed by atoms with van der Waals surface area (Å²) in [4.78, 5) is 10.4. The van der Waals surface area contributed by atoms with Crippen LogP contribution in [0, 0.1) is 0 Å². The van der Waals surface area contributed by atoms with E-state index in [0.717, 1.165) is 0 Å². The predicted octanol–water partition coefficient (Wildman–Crippen LogP) is 1.10. The second-order valence-electron chi connectivity index (χ2n) is 2.01. The van der Waals surface area contributed by atoms with Gasteiger partial charge in [-0.3, -0.25) is 0 Å². The standard InChI is InChI=1S/C7H12O3/c1-6(2)10-5-4-7(8)9-3/h4-6H,1-3H3/b5-4+. The van der Waals surface area contributed by atoms with Crippen LogP contribution in [0.1, 0.15) is 13.8 Å². The summed E-state index contributed by atoms with van der Waals surface area (Å²) in [7, 11) is 1.32. The molecule has 10 heavy (non-hydrogen) atoms. The Bertz CT molecular complexity index is 127. The number of hydrogen-bond donors (Lipinski definition) is 0. The molecule has 0 saturated carbocycles. The van der Waals surface area contributed by atoms with Gasteiger partial charge in [-0.15, -0.1) is 0 Å². The molecule has 0 saturated heterocycles. The van der Waals surface area contributed by atoms with Crippen LogP contribution >= 0.6 is 0 Å². The predicted molar refractivity (Wildman–Crippen MR) is 37.4 cm³/mol. The highest BCUT2D eigenvalue weighted by Gasteiger charge is 1.90. The van der Waals surface area contributed by atoms with Gasteiger partial charge < -0.3 is 9.47 Å². The molecule has 58 valence electrons. The molecule has 3 nitrogen and oxygen atoms in total. The summed E-state index contributed by atoms with van der Waals surface area (Å²) in [6.45, 7) is 3.75. The van der Waals surface area contributed by atoms with E-state index in [2.05, 4.69) is 4.74 Å². The monoisotopic (exact) mass is 144 g/mol. The van der Waals surface area contributed by atoms with Crippen molar-refractivity contribution in [2.24, 2.45) is 0 Å². The van der Waals surface area contributed by atoms with Gasteiger partial charge in [0.05, 0.1) is 25.6 Å². The molecule has 0 unspecified atom stereocenters. The van der Waals surface area contributed by atoms with Crippen molar-refractivity contribution in [3.8, 4) is 0 Å². The average Bonchev–Trinajstić information content (AvgIpc) is 1.87. The Morgan fingerprint density at radius 3 is 2.50 bits per heavy atom. The van der Waals surface area contributed by atoms with Gasteiger partial charge in [0.2, 0.25) is 0 Å². The summed E-state index contributed by atoms with van der Waals surface area (Å²) in [5.74, 6) is -0.402. The lowest BCUT2D eigenvalue weighted by atomic mass is 10.5. The van der Waals surface area contributed by atoms with Crippen LogP contribution in [0.15, 0.2) is 12.3 Å². The molecule has 0 fully saturated rings. The van der Waals surface area contributed by atoms with Crippen molar-refractivity contribution < 1.29 is 14.3 Å². The number of rotatable bonds is 3. The third kappa shape index (κ3) is 5.15. The number of methoxy groups -OCH3 is 1. The molecule has 0 aliphatic heterocycles. The zero-order chi connectivity index (χ0) is 7.98. The van der Waals surface area contributed by atoms with Crippen molar-refractivity contribution in [1.82, 2.24) is 0 Å². The smallest absolute Gasteiger partial charge is 0.333 e. The maximum atomic E-state index is 10.4. The van der Waals surface area contributed by atoms with E-state index in [9.17, 15) is 4.79 Å². The van der Waals surface area contributed by atoms with E-state index < -0.39 is 5.97 Å². The van der Waals surface area contributed by atoms with Crippen LogP contribution in [-0.4, -0.2) is 19.2 Å². The Kier molecular flexibility index (Phi) is 4.37. The van der Waals surface area contributed by atoms with Gasteiger partial charge in [0.15, 0.2) is 0 Å². The summed E-state index contributed by atoms with van der Waals surface area (Å²) in [6.07, 6.45) is 2.66. The van der Waals surface area contributed by atoms with E-state index in [1.807, 2.05) is 13.8 Å². The van der Waals surface area contributed by atoms with Crippen molar-refractivity contribution in [3.63, 3.8) is 0 Å². The van der Waals surface area contributed by atoms with Crippen molar-refractivity contribution >= 4 is 5.97 Å². The third-order valence-corrected chi connectivity index (χ3v) is 0.756. The average molecular weight is 144 g/mol. The minimum atomic E-state index is -0.402. The lowest BCUT2D eigenvalue weighted by Gasteiger charge is -2.01. The van der Waals surface area contributed by atoms with Crippen LogP contribution in [0.5, 0.6) is 0 Å². The second-order valence-corrected chi connectivity index (χ2v) is 2.01. The Morgan fingerprint density at radius 1 is 1.50 bits per heavy atom. The molecule has 0 aromatic heterocycles. The maximum Gasteiger partial charge on any atom is 0.333 e. The highest BCUT2D eigenvalue weighted by Crippen LogP contribution is 1.88. The van der Waals surface area contributed by atoms with Gasteiger partial charge in [0, 0.05) is 0 Å². The van der Waals surface area contributed by atoms with Crippen molar-refractivity contribution in [1.29, 1.82) is 0 Å². The largest absolute Gasteiger partial charge is 0.498 e. The topological polar surface area (TPSA) is 35.5 Å². The van der Waals surface area contributed by atoms with E-state index >= 15 is 0 Å². The number of esters is 1. The fraction of sp³-hybridized carbons (Fsp3) is 0.571. The molecule has 0 aliphatic rings. The third-order valence-electron chi connectivity index (χ3n) is 0.756. The van der Waals surface area contributed by atoms with E-state index in [-0.39, 0.29) is 6.10 Å². The number of ether oxygens (including phenoxy) is 2. The highest BCUT2D eigenvalue weighted by atomic mass is 16.5. The summed E-state index contributed by atoms with van der Waals surface area (Å²) < 4.78 is 9.26. The molecule has 0 radical (unpaired) electrons. The van der Waals surface area contributed by atoms with Crippen LogP contribution in [-0.2, 0) is 14.3 Å². The summed E-state index contributed by atoms with van der Waals surface area (Å²) in [6, 6.07) is 0. The fourth-order valence-corrected chi connectivity index (χ4v) is 0.320. The molecule has 0 spiro atoms. The van der Waals surface area contributed by atoms with Crippen molar-refractivity contribution in [2.75, 3.05) is 7.11 Å². The maximum absolute atomic E-state index is 10.4. The van der Waals surface area contributed by atoms with Gasteiger partial charge in [-0.1, -0.05) is 0 Å². The summed E-state index contributed by atoms with van der Waals surface area (Å²) >= 11 is 0. The summed E-state index contributed by atoms with van der Waals surface area (Å²) in [5, 5.41) is 0.